The van der Waals surface area contributed by atoms with Crippen molar-refractivity contribution in [3.05, 3.63) is 58.1 Å². The molecule has 0 saturated carbocycles. The molecule has 0 radical (unpaired) electrons. The molecule has 19 nitrogen and oxygen atoms in total. The number of para-hydroxylation sites is 1. The summed E-state index contributed by atoms with van der Waals surface area (Å²) in [6.07, 6.45) is -5.08. The Hall–Kier alpha value is -5.87. The Balaban J connectivity index is 0.000000508. The van der Waals surface area contributed by atoms with Crippen LogP contribution in [0, 0.1) is 0 Å². The molecule has 4 heterocycles. The summed E-state index contributed by atoms with van der Waals surface area (Å²) >= 11 is 6.11. The van der Waals surface area contributed by atoms with E-state index in [-0.39, 0.29) is 54.8 Å². The summed E-state index contributed by atoms with van der Waals surface area (Å²) in [7, 11) is 2.10. The molecule has 4 aliphatic heterocycles. The zero-order valence-corrected chi connectivity index (χ0v) is 37.3. The van der Waals surface area contributed by atoms with Crippen LogP contribution >= 0.6 is 11.6 Å². The number of nitrogens with two attached hydrogens (primary N) is 1. The Bertz CT molecular complexity index is 1980. The molecule has 0 bridgehead atoms. The number of amides is 4. The summed E-state index contributed by atoms with van der Waals surface area (Å²) in [6.45, 7) is 5.93. The fourth-order valence-electron chi connectivity index (χ4n) is 7.98. The molecule has 364 valence electrons. The molecule has 0 spiro atoms. The van der Waals surface area contributed by atoms with Gasteiger partial charge in [-0.25, -0.2) is 9.59 Å². The van der Waals surface area contributed by atoms with Crippen LogP contribution in [0.15, 0.2) is 36.4 Å². The van der Waals surface area contributed by atoms with Crippen LogP contribution in [0.2, 0.25) is 5.02 Å². The van der Waals surface area contributed by atoms with Gasteiger partial charge in [0.15, 0.2) is 6.10 Å². The van der Waals surface area contributed by atoms with E-state index in [1.54, 1.807) is 4.90 Å². The largest absolute Gasteiger partial charge is 0.481 e. The fraction of sp³-hybridized carbons (Fsp3) is 0.558. The standard InChI is InChI=1S/C35H45ClF3N7O4.2C4H6O4/c1-42-16-18-43(19-17-42)25-7-11-44(12-8-25)32(47)30(22-23-20-27(35(37,38)39)31(40)28(36)21-23)50-34(49)45-13-9-26(10-14-45)46-15-6-24-4-2-3-5-29(24)41-33(46)48;2*5-3(6)1-2-4(7)8/h2-5,20-21,25-26,30H,6-19,22,40H2,1H3,(H,41,48);2*1-2H2,(H,5,6)(H,7,8)/t30-;;/m1../s1. The van der Waals surface area contributed by atoms with Crippen molar-refractivity contribution in [2.24, 2.45) is 0 Å². The highest BCUT2D eigenvalue weighted by molar-refractivity contribution is 6.33. The molecule has 2 aromatic carbocycles. The number of urea groups is 1. The molecular weight excluding hydrogens is 899 g/mol. The highest BCUT2D eigenvalue weighted by Crippen LogP contribution is 2.38. The van der Waals surface area contributed by atoms with Gasteiger partial charge in [0.05, 0.1) is 42.0 Å². The molecule has 23 heteroatoms. The maximum absolute atomic E-state index is 14.0. The lowest BCUT2D eigenvalue weighted by Crippen LogP contribution is -2.54. The van der Waals surface area contributed by atoms with Gasteiger partial charge in [0.25, 0.3) is 5.91 Å². The normalized spacial score (nSPS) is 18.0. The smallest absolute Gasteiger partial charge is 0.418 e. The molecule has 0 unspecified atom stereocenters. The summed E-state index contributed by atoms with van der Waals surface area (Å²) in [4.78, 5) is 88.9. The summed E-state index contributed by atoms with van der Waals surface area (Å²) in [5.74, 6) is -4.76. The third-order valence-electron chi connectivity index (χ3n) is 11.7. The van der Waals surface area contributed by atoms with Crippen molar-refractivity contribution in [3.63, 3.8) is 0 Å². The van der Waals surface area contributed by atoms with Crippen LogP contribution in [0.4, 0.5) is 34.1 Å². The van der Waals surface area contributed by atoms with E-state index in [1.165, 1.54) is 11.0 Å². The molecule has 4 amide bonds. The number of carboxylic acid groups (broad SMARTS) is 4. The quantitative estimate of drug-likeness (QED) is 0.158. The highest BCUT2D eigenvalue weighted by Gasteiger charge is 2.38. The minimum atomic E-state index is -4.76. The van der Waals surface area contributed by atoms with Crippen LogP contribution in [-0.2, 0) is 47.7 Å². The molecule has 0 aromatic heterocycles. The second-order valence-corrected chi connectivity index (χ2v) is 16.7. The first kappa shape index (κ1) is 52.8. The topological polar surface area (TPSA) is 264 Å². The molecule has 6 rings (SSSR count). The zero-order chi connectivity index (χ0) is 48.7. The number of piperazine rings is 1. The number of likely N-dealkylation sites (N-methyl/N-ethyl adjacent to an activating group) is 1. The number of piperidine rings is 2. The van der Waals surface area contributed by atoms with Gasteiger partial charge in [-0.3, -0.25) is 28.9 Å². The molecular formula is C43H57ClF3N7O12. The number of nitrogens with one attached hydrogen (secondary N) is 1. The Morgan fingerprint density at radius 1 is 0.773 bits per heavy atom. The van der Waals surface area contributed by atoms with Crippen molar-refractivity contribution in [3.8, 4) is 0 Å². The average molecular weight is 956 g/mol. The zero-order valence-electron chi connectivity index (χ0n) is 36.5. The lowest BCUT2D eigenvalue weighted by molar-refractivity contribution is -0.143. The number of rotatable bonds is 12. The summed E-state index contributed by atoms with van der Waals surface area (Å²) in [5.41, 5.74) is 5.90. The minimum Gasteiger partial charge on any atom is -0.481 e. The van der Waals surface area contributed by atoms with E-state index < -0.39 is 59.4 Å². The Morgan fingerprint density at radius 3 is 1.82 bits per heavy atom. The van der Waals surface area contributed by atoms with Crippen LogP contribution in [-0.4, -0.2) is 171 Å². The van der Waals surface area contributed by atoms with Gasteiger partial charge in [0.1, 0.15) is 0 Å². The third-order valence-corrected chi connectivity index (χ3v) is 12.0. The first-order chi connectivity index (χ1) is 31.1. The summed E-state index contributed by atoms with van der Waals surface area (Å²) < 4.78 is 47.3. The number of fused-ring (bicyclic) bond motifs is 1. The van der Waals surface area contributed by atoms with Gasteiger partial charge in [0, 0.05) is 83.1 Å². The monoisotopic (exact) mass is 955 g/mol. The van der Waals surface area contributed by atoms with Crippen LogP contribution in [0.25, 0.3) is 0 Å². The van der Waals surface area contributed by atoms with E-state index in [0.29, 0.717) is 58.0 Å². The molecule has 7 N–H and O–H groups in total. The molecule has 0 aliphatic carbocycles. The van der Waals surface area contributed by atoms with Crippen molar-refractivity contribution < 1.29 is 71.9 Å². The van der Waals surface area contributed by atoms with Gasteiger partial charge in [-0.1, -0.05) is 29.8 Å². The third kappa shape index (κ3) is 16.2. The number of benzene rings is 2. The lowest BCUT2D eigenvalue weighted by atomic mass is 9.99. The van der Waals surface area contributed by atoms with Crippen LogP contribution < -0.4 is 11.1 Å². The second-order valence-electron chi connectivity index (χ2n) is 16.3. The van der Waals surface area contributed by atoms with Crippen LogP contribution in [0.3, 0.4) is 0 Å². The minimum absolute atomic E-state index is 0.0851. The number of nitrogens with zero attached hydrogens (tertiary/aromatic N) is 5. The van der Waals surface area contributed by atoms with Crippen LogP contribution in [0.5, 0.6) is 0 Å². The predicted molar refractivity (Wildman–Crippen MR) is 233 cm³/mol. The van der Waals surface area contributed by atoms with Crippen molar-refractivity contribution in [1.82, 2.24) is 24.5 Å². The first-order valence-electron chi connectivity index (χ1n) is 21.5. The van der Waals surface area contributed by atoms with Crippen molar-refractivity contribution in [2.75, 3.05) is 77.0 Å². The number of halogens is 4. The number of aliphatic carboxylic acids is 4. The number of ether oxygens (including phenoxy) is 1. The number of nitrogen functional groups attached to an aromatic ring is 1. The van der Waals surface area contributed by atoms with Gasteiger partial charge in [-0.05, 0) is 68.5 Å². The lowest BCUT2D eigenvalue weighted by Gasteiger charge is -2.42. The van der Waals surface area contributed by atoms with E-state index in [0.717, 1.165) is 56.3 Å². The van der Waals surface area contributed by atoms with Gasteiger partial charge in [-0.2, -0.15) is 13.2 Å². The van der Waals surface area contributed by atoms with Crippen molar-refractivity contribution >= 4 is 64.9 Å². The number of hydrogen-bond donors (Lipinski definition) is 6. The van der Waals surface area contributed by atoms with Crippen molar-refractivity contribution in [1.29, 1.82) is 0 Å². The van der Waals surface area contributed by atoms with Gasteiger partial charge >= 0.3 is 42.2 Å². The number of likely N-dealkylation sites (tertiary alicyclic amines) is 2. The molecule has 2 aromatic rings. The molecule has 66 heavy (non-hydrogen) atoms. The average Bonchev–Trinajstić information content (AvgIpc) is 3.44. The van der Waals surface area contributed by atoms with Gasteiger partial charge in [-0.15, -0.1) is 0 Å². The highest BCUT2D eigenvalue weighted by atomic mass is 35.5. The Morgan fingerprint density at radius 2 is 1.29 bits per heavy atom. The number of carboxylic acids is 4. The van der Waals surface area contributed by atoms with E-state index in [4.69, 9.17) is 42.5 Å². The van der Waals surface area contributed by atoms with Crippen molar-refractivity contribution in [2.45, 2.75) is 88.6 Å². The maximum Gasteiger partial charge on any atom is 0.418 e. The van der Waals surface area contributed by atoms with E-state index in [1.807, 2.05) is 29.2 Å². The molecule has 3 saturated heterocycles. The summed E-state index contributed by atoms with van der Waals surface area (Å²) in [5, 5.41) is 34.3. The van der Waals surface area contributed by atoms with Gasteiger partial charge in [0.2, 0.25) is 0 Å². The first-order valence-corrected chi connectivity index (χ1v) is 21.8. The number of anilines is 2. The number of carbonyl (C=O) groups excluding carboxylic acids is 3. The van der Waals surface area contributed by atoms with Gasteiger partial charge < -0.3 is 55.8 Å². The number of alkyl halides is 3. The predicted octanol–water partition coefficient (Wildman–Crippen LogP) is 4.65. The van der Waals surface area contributed by atoms with E-state index in [9.17, 15) is 46.7 Å². The van der Waals surface area contributed by atoms with Crippen LogP contribution in [0.1, 0.15) is 68.1 Å². The van der Waals surface area contributed by atoms with E-state index >= 15 is 0 Å². The Kier molecular flexibility index (Phi) is 19.7. The van der Waals surface area contributed by atoms with E-state index in [2.05, 4.69) is 22.2 Å². The SMILES string of the molecule is CN1CCN(C2CCN(C(=O)[C@@H](Cc3cc(Cl)c(N)c(C(F)(F)F)c3)OC(=O)N3CCC(N4CCc5ccccc5NC4=O)CC3)CC2)CC1.O=C(O)CCC(=O)O.O=C(O)CCC(=O)O. The molecule has 1 atom stereocenters. The fourth-order valence-corrected chi connectivity index (χ4v) is 8.23. The number of hydrogen-bond acceptors (Lipinski definition) is 11. The second kappa shape index (κ2) is 24.6. The Labute approximate surface area is 384 Å². The summed E-state index contributed by atoms with van der Waals surface area (Å²) in [6, 6.07) is 9.91. The molecule has 4 aliphatic rings. The molecule has 3 fully saturated rings. The maximum atomic E-state index is 14.0. The number of carbonyl (C=O) groups is 7.